The molecule has 0 bridgehead atoms. The van der Waals surface area contributed by atoms with Crippen LogP contribution in [0.1, 0.15) is 69.4 Å². The van der Waals surface area contributed by atoms with Crippen molar-refractivity contribution in [3.63, 3.8) is 0 Å². The van der Waals surface area contributed by atoms with Crippen LogP contribution in [0.4, 0.5) is 17.6 Å². The van der Waals surface area contributed by atoms with E-state index in [0.717, 1.165) is 42.7 Å². The summed E-state index contributed by atoms with van der Waals surface area (Å²) in [5, 5.41) is 0. The van der Waals surface area contributed by atoms with Gasteiger partial charge in [-0.15, -0.1) is 13.2 Å². The summed E-state index contributed by atoms with van der Waals surface area (Å²) < 4.78 is 55.2. The van der Waals surface area contributed by atoms with E-state index in [0.29, 0.717) is 17.9 Å². The molecule has 3 rings (SSSR count). The van der Waals surface area contributed by atoms with Crippen LogP contribution in [0, 0.1) is 23.6 Å². The lowest BCUT2D eigenvalue weighted by atomic mass is 9.75. The molecule has 146 valence electrons. The van der Waals surface area contributed by atoms with E-state index in [1.54, 1.807) is 6.07 Å². The van der Waals surface area contributed by atoms with Crippen molar-refractivity contribution < 1.29 is 22.3 Å². The number of hydrogen-bond donors (Lipinski definition) is 0. The molecule has 1 fully saturated rings. The van der Waals surface area contributed by atoms with Crippen molar-refractivity contribution in [2.24, 2.45) is 17.8 Å². The average Bonchev–Trinajstić information content (AvgIpc) is 2.62. The average molecular weight is 372 g/mol. The van der Waals surface area contributed by atoms with Gasteiger partial charge < -0.3 is 4.74 Å². The summed E-state index contributed by atoms with van der Waals surface area (Å²) in [5.41, 5.74) is 1.26. The van der Waals surface area contributed by atoms with Crippen LogP contribution in [-0.4, -0.2) is 6.36 Å². The molecule has 1 unspecified atom stereocenters. The lowest BCUT2D eigenvalue weighted by molar-refractivity contribution is -0.275. The summed E-state index contributed by atoms with van der Waals surface area (Å²) in [6, 6.07) is 2.73. The highest BCUT2D eigenvalue weighted by Gasteiger charge is 2.34. The Labute approximate surface area is 153 Å². The maximum Gasteiger partial charge on any atom is 0.573 e. The van der Waals surface area contributed by atoms with Crippen molar-refractivity contribution in [3.05, 3.63) is 29.1 Å². The smallest absolute Gasteiger partial charge is 0.403 e. The minimum absolute atomic E-state index is 0.409. The molecule has 0 amide bonds. The molecule has 2 aliphatic rings. The van der Waals surface area contributed by atoms with Crippen molar-refractivity contribution in [1.82, 2.24) is 0 Å². The molecule has 26 heavy (non-hydrogen) atoms. The van der Waals surface area contributed by atoms with Gasteiger partial charge in [0.25, 0.3) is 0 Å². The highest BCUT2D eigenvalue weighted by atomic mass is 19.4. The van der Waals surface area contributed by atoms with Gasteiger partial charge in [-0.05, 0) is 60.6 Å². The van der Waals surface area contributed by atoms with E-state index in [4.69, 9.17) is 0 Å². The normalized spacial score (nSPS) is 26.4. The highest BCUT2D eigenvalue weighted by Crippen LogP contribution is 2.38. The Hall–Kier alpha value is -1.26. The van der Waals surface area contributed by atoms with Crippen LogP contribution in [0.2, 0.25) is 0 Å². The first-order valence-corrected chi connectivity index (χ1v) is 9.91. The molecule has 0 radical (unpaired) electrons. The fourth-order valence-corrected chi connectivity index (χ4v) is 4.71. The predicted octanol–water partition coefficient (Wildman–Crippen LogP) is 6.83. The quantitative estimate of drug-likeness (QED) is 0.515. The summed E-state index contributed by atoms with van der Waals surface area (Å²) in [6.45, 7) is 2.27. The van der Waals surface area contributed by atoms with Crippen molar-refractivity contribution >= 4 is 0 Å². The summed E-state index contributed by atoms with van der Waals surface area (Å²) in [6.07, 6.45) is 6.28. The Morgan fingerprint density at radius 3 is 2.27 bits per heavy atom. The van der Waals surface area contributed by atoms with Gasteiger partial charge in [-0.3, -0.25) is 0 Å². The molecule has 1 aromatic rings. The largest absolute Gasteiger partial charge is 0.573 e. The molecule has 0 spiro atoms. The summed E-state index contributed by atoms with van der Waals surface area (Å²) in [5.74, 6) is 0.695. The van der Waals surface area contributed by atoms with Crippen LogP contribution >= 0.6 is 0 Å². The van der Waals surface area contributed by atoms with E-state index in [9.17, 15) is 17.6 Å². The molecule has 5 heteroatoms. The number of rotatable bonds is 5. The Balaban J connectivity index is 1.54. The van der Waals surface area contributed by atoms with Crippen molar-refractivity contribution in [1.29, 1.82) is 0 Å². The fourth-order valence-electron chi connectivity index (χ4n) is 4.71. The second-order valence-electron chi connectivity index (χ2n) is 8.04. The number of benzene rings is 1. The topological polar surface area (TPSA) is 9.23 Å². The van der Waals surface area contributed by atoms with Crippen LogP contribution in [0.15, 0.2) is 12.1 Å². The third-order valence-corrected chi connectivity index (χ3v) is 6.37. The first-order chi connectivity index (χ1) is 12.4. The number of hydrogen-bond acceptors (Lipinski definition) is 1. The summed E-state index contributed by atoms with van der Waals surface area (Å²) in [4.78, 5) is 0. The second-order valence-corrected chi connectivity index (χ2v) is 8.04. The van der Waals surface area contributed by atoms with E-state index in [1.165, 1.54) is 38.5 Å². The van der Waals surface area contributed by atoms with Gasteiger partial charge in [0.15, 0.2) is 11.6 Å². The van der Waals surface area contributed by atoms with Crippen molar-refractivity contribution in [2.75, 3.05) is 0 Å². The molecule has 0 saturated heterocycles. The van der Waals surface area contributed by atoms with E-state index in [-0.39, 0.29) is 0 Å². The summed E-state index contributed by atoms with van der Waals surface area (Å²) >= 11 is 0. The van der Waals surface area contributed by atoms with Crippen LogP contribution in [-0.2, 0) is 12.8 Å². The molecule has 0 aromatic heterocycles. The Morgan fingerprint density at radius 1 is 0.962 bits per heavy atom. The van der Waals surface area contributed by atoms with E-state index in [2.05, 4.69) is 11.7 Å². The standard InChI is InChI=1S/C21H28F4O/c1-2-14-3-5-15(6-4-14)7-8-16-9-11-18-17(13-16)10-12-19(20(18)22)26-21(23,24)25/h10,12,14-16H,2-9,11,13H2,1H3. The Morgan fingerprint density at radius 2 is 1.62 bits per heavy atom. The molecule has 0 N–H and O–H groups in total. The van der Waals surface area contributed by atoms with Gasteiger partial charge in [0.1, 0.15) is 0 Å². The van der Waals surface area contributed by atoms with Gasteiger partial charge in [0, 0.05) is 0 Å². The minimum atomic E-state index is -4.86. The van der Waals surface area contributed by atoms with E-state index < -0.39 is 17.9 Å². The van der Waals surface area contributed by atoms with Gasteiger partial charge in [-0.25, -0.2) is 4.39 Å². The zero-order valence-corrected chi connectivity index (χ0v) is 15.4. The Bertz CT molecular complexity index is 603. The number of fused-ring (bicyclic) bond motifs is 1. The highest BCUT2D eigenvalue weighted by molar-refractivity contribution is 5.39. The molecular formula is C21H28F4O. The zero-order valence-electron chi connectivity index (χ0n) is 15.4. The van der Waals surface area contributed by atoms with Crippen LogP contribution < -0.4 is 4.74 Å². The molecular weight excluding hydrogens is 344 g/mol. The van der Waals surface area contributed by atoms with Gasteiger partial charge in [-0.1, -0.05) is 51.5 Å². The molecule has 1 aromatic carbocycles. The van der Waals surface area contributed by atoms with Crippen LogP contribution in [0.25, 0.3) is 0 Å². The van der Waals surface area contributed by atoms with Gasteiger partial charge in [0.05, 0.1) is 0 Å². The number of halogens is 4. The second kappa shape index (κ2) is 8.18. The van der Waals surface area contributed by atoms with E-state index >= 15 is 0 Å². The molecule has 1 saturated carbocycles. The third-order valence-electron chi connectivity index (χ3n) is 6.37. The predicted molar refractivity (Wildman–Crippen MR) is 93.6 cm³/mol. The lowest BCUT2D eigenvalue weighted by Crippen LogP contribution is -2.21. The number of ether oxygens (including phenoxy) is 1. The molecule has 2 aliphatic carbocycles. The molecule has 1 nitrogen and oxygen atoms in total. The molecule has 0 heterocycles. The Kier molecular flexibility index (Phi) is 6.13. The van der Waals surface area contributed by atoms with Gasteiger partial charge >= 0.3 is 6.36 Å². The first-order valence-electron chi connectivity index (χ1n) is 9.91. The maximum absolute atomic E-state index is 14.3. The SMILES string of the molecule is CCC1CCC(CCC2CCc3c(ccc(OC(F)(F)F)c3F)C2)CC1. The zero-order chi connectivity index (χ0) is 18.7. The first kappa shape index (κ1) is 19.5. The van der Waals surface area contributed by atoms with Crippen LogP contribution in [0.5, 0.6) is 5.75 Å². The monoisotopic (exact) mass is 372 g/mol. The van der Waals surface area contributed by atoms with Gasteiger partial charge in [0.2, 0.25) is 0 Å². The molecule has 1 atom stereocenters. The number of alkyl halides is 3. The van der Waals surface area contributed by atoms with E-state index in [1.807, 2.05) is 0 Å². The fraction of sp³-hybridized carbons (Fsp3) is 0.714. The minimum Gasteiger partial charge on any atom is -0.403 e. The lowest BCUT2D eigenvalue weighted by Gasteiger charge is -2.30. The van der Waals surface area contributed by atoms with Crippen molar-refractivity contribution in [3.8, 4) is 5.75 Å². The third kappa shape index (κ3) is 4.92. The van der Waals surface area contributed by atoms with Gasteiger partial charge in [-0.2, -0.15) is 0 Å². The van der Waals surface area contributed by atoms with Crippen molar-refractivity contribution in [2.45, 2.75) is 77.5 Å². The molecule has 0 aliphatic heterocycles. The maximum atomic E-state index is 14.3. The van der Waals surface area contributed by atoms with Crippen LogP contribution in [0.3, 0.4) is 0 Å². The summed E-state index contributed by atoms with van der Waals surface area (Å²) in [7, 11) is 0.